The van der Waals surface area contributed by atoms with Gasteiger partial charge in [-0.05, 0) is 24.6 Å². The zero-order chi connectivity index (χ0) is 15.6. The standard InChI is InChI=1S/C15H13BrF2N2O/c1-8(9-4-2-3-5-11(9)16)20-14-6-10(15(19)21)12(17)7-13(14)18/h2-8,20H,1H3,(H2,19,21). The normalized spacial score (nSPS) is 12.0. The van der Waals surface area contributed by atoms with Crippen LogP contribution in [0, 0.1) is 11.6 Å². The van der Waals surface area contributed by atoms with E-state index in [0.717, 1.165) is 16.1 Å². The Hall–Kier alpha value is -1.95. The SMILES string of the molecule is CC(Nc1cc(C(N)=O)c(F)cc1F)c1ccccc1Br. The lowest BCUT2D eigenvalue weighted by Gasteiger charge is -2.18. The topological polar surface area (TPSA) is 55.1 Å². The van der Waals surface area contributed by atoms with Crippen molar-refractivity contribution in [2.45, 2.75) is 13.0 Å². The average molecular weight is 355 g/mol. The molecule has 21 heavy (non-hydrogen) atoms. The molecule has 3 N–H and O–H groups in total. The molecule has 3 nitrogen and oxygen atoms in total. The van der Waals surface area contributed by atoms with E-state index in [9.17, 15) is 13.6 Å². The molecule has 0 heterocycles. The van der Waals surface area contributed by atoms with E-state index in [2.05, 4.69) is 21.2 Å². The Kier molecular flexibility index (Phi) is 4.57. The minimum Gasteiger partial charge on any atom is -0.376 e. The first-order chi connectivity index (χ1) is 9.90. The van der Waals surface area contributed by atoms with Crippen LogP contribution in [0.15, 0.2) is 40.9 Å². The maximum atomic E-state index is 13.8. The van der Waals surface area contributed by atoms with Crippen LogP contribution in [0.4, 0.5) is 14.5 Å². The molecule has 110 valence electrons. The van der Waals surface area contributed by atoms with Crippen LogP contribution < -0.4 is 11.1 Å². The van der Waals surface area contributed by atoms with Crippen LogP contribution in [0.2, 0.25) is 0 Å². The first kappa shape index (κ1) is 15.4. The molecule has 6 heteroatoms. The zero-order valence-corrected chi connectivity index (χ0v) is 12.7. The number of benzene rings is 2. The number of rotatable bonds is 4. The van der Waals surface area contributed by atoms with Gasteiger partial charge in [0.05, 0.1) is 11.3 Å². The van der Waals surface area contributed by atoms with Crippen molar-refractivity contribution in [1.29, 1.82) is 0 Å². The van der Waals surface area contributed by atoms with Crippen LogP contribution in [0.5, 0.6) is 0 Å². The number of anilines is 1. The maximum Gasteiger partial charge on any atom is 0.251 e. The Bertz CT molecular complexity index is 691. The van der Waals surface area contributed by atoms with Crippen LogP contribution in [-0.2, 0) is 0 Å². The molecule has 2 rings (SSSR count). The fourth-order valence-corrected chi connectivity index (χ4v) is 2.61. The largest absolute Gasteiger partial charge is 0.376 e. The van der Waals surface area contributed by atoms with E-state index in [1.165, 1.54) is 0 Å². The smallest absolute Gasteiger partial charge is 0.251 e. The highest BCUT2D eigenvalue weighted by atomic mass is 79.9. The van der Waals surface area contributed by atoms with Gasteiger partial charge in [0, 0.05) is 16.6 Å². The van der Waals surface area contributed by atoms with Crippen LogP contribution >= 0.6 is 15.9 Å². The van der Waals surface area contributed by atoms with E-state index in [0.29, 0.717) is 6.07 Å². The number of nitrogens with two attached hydrogens (primary N) is 1. The number of carbonyl (C=O) groups is 1. The van der Waals surface area contributed by atoms with E-state index >= 15 is 0 Å². The summed E-state index contributed by atoms with van der Waals surface area (Å²) < 4.78 is 28.1. The molecule has 0 aliphatic rings. The minimum atomic E-state index is -0.973. The molecule has 0 aliphatic heterocycles. The van der Waals surface area contributed by atoms with Gasteiger partial charge in [-0.1, -0.05) is 34.1 Å². The van der Waals surface area contributed by atoms with E-state index in [4.69, 9.17) is 5.73 Å². The Labute approximate surface area is 129 Å². The van der Waals surface area contributed by atoms with Crippen LogP contribution in [0.1, 0.15) is 28.9 Å². The third-order valence-electron chi connectivity index (χ3n) is 3.07. The number of halogens is 3. The summed E-state index contributed by atoms with van der Waals surface area (Å²) in [5, 5.41) is 2.91. The molecule has 0 saturated carbocycles. The first-order valence-electron chi connectivity index (χ1n) is 6.20. The summed E-state index contributed by atoms with van der Waals surface area (Å²) in [5.74, 6) is -2.69. The van der Waals surface area contributed by atoms with E-state index < -0.39 is 17.5 Å². The average Bonchev–Trinajstić information content (AvgIpc) is 2.41. The second-order valence-electron chi connectivity index (χ2n) is 4.56. The van der Waals surface area contributed by atoms with Crippen molar-refractivity contribution in [2.75, 3.05) is 5.32 Å². The van der Waals surface area contributed by atoms with Crippen molar-refractivity contribution in [3.8, 4) is 0 Å². The summed E-state index contributed by atoms with van der Waals surface area (Å²) in [6.45, 7) is 1.83. The Morgan fingerprint density at radius 1 is 1.24 bits per heavy atom. The quantitative estimate of drug-likeness (QED) is 0.871. The van der Waals surface area contributed by atoms with E-state index in [1.807, 2.05) is 31.2 Å². The molecule has 0 saturated heterocycles. The summed E-state index contributed by atoms with van der Waals surface area (Å²) in [7, 11) is 0. The molecular weight excluding hydrogens is 342 g/mol. The predicted molar refractivity (Wildman–Crippen MR) is 81.1 cm³/mol. The fraction of sp³-hybridized carbons (Fsp3) is 0.133. The maximum absolute atomic E-state index is 13.8. The lowest BCUT2D eigenvalue weighted by molar-refractivity contribution is 0.0996. The van der Waals surface area contributed by atoms with E-state index in [-0.39, 0.29) is 17.3 Å². The molecule has 0 aliphatic carbocycles. The first-order valence-corrected chi connectivity index (χ1v) is 6.99. The molecule has 1 amide bonds. The van der Waals surface area contributed by atoms with Gasteiger partial charge in [-0.3, -0.25) is 4.79 Å². The highest BCUT2D eigenvalue weighted by Crippen LogP contribution is 2.28. The Morgan fingerprint density at radius 2 is 1.90 bits per heavy atom. The van der Waals surface area contributed by atoms with Crippen molar-refractivity contribution in [3.63, 3.8) is 0 Å². The summed E-state index contributed by atoms with van der Waals surface area (Å²) in [6.07, 6.45) is 0. The monoisotopic (exact) mass is 354 g/mol. The fourth-order valence-electron chi connectivity index (χ4n) is 1.99. The third kappa shape index (κ3) is 3.39. The van der Waals surface area contributed by atoms with Crippen molar-refractivity contribution in [2.24, 2.45) is 5.73 Å². The lowest BCUT2D eigenvalue weighted by atomic mass is 10.1. The predicted octanol–water partition coefficient (Wildman–Crippen LogP) is 4.00. The van der Waals surface area contributed by atoms with Crippen molar-refractivity contribution < 1.29 is 13.6 Å². The summed E-state index contributed by atoms with van der Waals surface area (Å²) in [4.78, 5) is 11.1. The number of primary amides is 1. The zero-order valence-electron chi connectivity index (χ0n) is 11.2. The highest BCUT2D eigenvalue weighted by molar-refractivity contribution is 9.10. The molecule has 0 bridgehead atoms. The van der Waals surface area contributed by atoms with Crippen LogP contribution in [0.25, 0.3) is 0 Å². The van der Waals surface area contributed by atoms with E-state index in [1.54, 1.807) is 0 Å². The number of carbonyl (C=O) groups excluding carboxylic acids is 1. The van der Waals surface area contributed by atoms with Gasteiger partial charge in [0.2, 0.25) is 0 Å². The number of nitrogens with one attached hydrogen (secondary N) is 1. The molecule has 0 aromatic heterocycles. The second-order valence-corrected chi connectivity index (χ2v) is 5.42. The Morgan fingerprint density at radius 3 is 2.52 bits per heavy atom. The number of hydrogen-bond acceptors (Lipinski definition) is 2. The number of amides is 1. The van der Waals surface area contributed by atoms with Gasteiger partial charge >= 0.3 is 0 Å². The molecule has 1 unspecified atom stereocenters. The van der Waals surface area contributed by atoms with Crippen molar-refractivity contribution in [3.05, 3.63) is 63.6 Å². The van der Waals surface area contributed by atoms with Crippen LogP contribution in [-0.4, -0.2) is 5.91 Å². The molecule has 2 aromatic rings. The van der Waals surface area contributed by atoms with Gasteiger partial charge in [-0.25, -0.2) is 8.78 Å². The molecule has 0 fully saturated rings. The van der Waals surface area contributed by atoms with Gasteiger partial charge < -0.3 is 11.1 Å². The van der Waals surface area contributed by atoms with Gasteiger partial charge in [0.25, 0.3) is 5.91 Å². The summed E-state index contributed by atoms with van der Waals surface area (Å²) in [5.41, 5.74) is 5.64. The van der Waals surface area contributed by atoms with Gasteiger partial charge in [0.1, 0.15) is 11.6 Å². The van der Waals surface area contributed by atoms with Gasteiger partial charge in [-0.2, -0.15) is 0 Å². The molecule has 0 radical (unpaired) electrons. The summed E-state index contributed by atoms with van der Waals surface area (Å²) >= 11 is 3.41. The second kappa shape index (κ2) is 6.22. The highest BCUT2D eigenvalue weighted by Gasteiger charge is 2.16. The van der Waals surface area contributed by atoms with Crippen LogP contribution in [0.3, 0.4) is 0 Å². The Balaban J connectivity index is 2.33. The molecule has 0 spiro atoms. The number of hydrogen-bond donors (Lipinski definition) is 2. The van der Waals surface area contributed by atoms with Gasteiger partial charge in [-0.15, -0.1) is 0 Å². The lowest BCUT2D eigenvalue weighted by Crippen LogP contribution is -2.15. The molecule has 2 aromatic carbocycles. The van der Waals surface area contributed by atoms with Crippen molar-refractivity contribution >= 4 is 27.5 Å². The minimum absolute atomic E-state index is 0.0217. The third-order valence-corrected chi connectivity index (χ3v) is 3.79. The summed E-state index contributed by atoms with van der Waals surface area (Å²) in [6, 6.07) is 8.94. The van der Waals surface area contributed by atoms with Gasteiger partial charge in [0.15, 0.2) is 0 Å². The molecule has 1 atom stereocenters. The molecular formula is C15H13BrF2N2O. The van der Waals surface area contributed by atoms with Crippen molar-refractivity contribution in [1.82, 2.24) is 0 Å².